The molecule has 1 unspecified atom stereocenters. The van der Waals surface area contributed by atoms with Gasteiger partial charge in [-0.3, -0.25) is 9.69 Å². The highest BCUT2D eigenvalue weighted by atomic mass is 32.2. The molecule has 6 nitrogen and oxygen atoms in total. The van der Waals surface area contributed by atoms with E-state index in [0.29, 0.717) is 29.2 Å². The van der Waals surface area contributed by atoms with Crippen LogP contribution >= 0.6 is 0 Å². The number of rotatable bonds is 3. The van der Waals surface area contributed by atoms with Crippen LogP contribution in [0.15, 0.2) is 24.3 Å². The molecule has 0 aromatic heterocycles. The summed E-state index contributed by atoms with van der Waals surface area (Å²) < 4.78 is 30.8. The van der Waals surface area contributed by atoms with Crippen molar-refractivity contribution in [2.75, 3.05) is 30.0 Å². The summed E-state index contributed by atoms with van der Waals surface area (Å²) in [4.78, 5) is 24.7. The van der Waals surface area contributed by atoms with Crippen LogP contribution < -0.4 is 10.2 Å². The number of benzene rings is 1. The van der Waals surface area contributed by atoms with E-state index in [1.165, 1.54) is 18.0 Å². The number of nitrogens with one attached hydrogen (secondary N) is 1. The van der Waals surface area contributed by atoms with Gasteiger partial charge in [-0.2, -0.15) is 0 Å². The third kappa shape index (κ3) is 3.25. The predicted molar refractivity (Wildman–Crippen MR) is 88.6 cm³/mol. The summed E-state index contributed by atoms with van der Waals surface area (Å²) in [5.74, 6) is 0.105. The summed E-state index contributed by atoms with van der Waals surface area (Å²) in [6.45, 7) is 0.0406. The molecule has 2 aliphatic rings. The van der Waals surface area contributed by atoms with Crippen molar-refractivity contribution in [1.82, 2.24) is 5.32 Å². The van der Waals surface area contributed by atoms with Gasteiger partial charge < -0.3 is 14.6 Å². The highest BCUT2D eigenvalue weighted by Gasteiger charge is 2.36. The lowest BCUT2D eigenvalue weighted by Gasteiger charge is -2.19. The Morgan fingerprint density at radius 3 is 2.92 bits per heavy atom. The van der Waals surface area contributed by atoms with Crippen LogP contribution in [0.5, 0.6) is 0 Å². The molecule has 0 aliphatic carbocycles. The number of nitrogens with zero attached hydrogens (tertiary/aromatic N) is 1. The minimum atomic E-state index is -0.902. The lowest BCUT2D eigenvalue weighted by Crippen LogP contribution is -2.35. The van der Waals surface area contributed by atoms with Crippen LogP contribution in [0.25, 0.3) is 5.57 Å². The van der Waals surface area contributed by atoms with Crippen LogP contribution in [-0.2, 0) is 20.7 Å². The van der Waals surface area contributed by atoms with Crippen LogP contribution in [0.2, 0.25) is 0 Å². The van der Waals surface area contributed by atoms with Crippen LogP contribution in [-0.4, -0.2) is 47.8 Å². The highest BCUT2D eigenvalue weighted by molar-refractivity contribution is 7.91. The average molecular weight is 352 g/mol. The van der Waals surface area contributed by atoms with Crippen molar-refractivity contribution < 1.29 is 23.3 Å². The van der Waals surface area contributed by atoms with E-state index < -0.39 is 35.1 Å². The second kappa shape index (κ2) is 6.82. The molecular formula is C16H17FN2O4S. The number of allylic oxidation sites excluding steroid dienone is 1. The summed E-state index contributed by atoms with van der Waals surface area (Å²) in [5, 5.41) is 2.42. The molecule has 0 radical (unpaired) electrons. The Labute approximate surface area is 141 Å². The standard InChI is InChI=1S/C16H17FN2O4S/c1-18-15(20)14-9-19(16(21)23-14)11-2-3-12(13(17)8-11)10-4-6-24(22)7-5-10/h2-4,8,14H,5-7,9H2,1H3,(H,18,20)/t14-,24?/m1/s1. The van der Waals surface area contributed by atoms with Gasteiger partial charge in [0, 0.05) is 19.0 Å². The Morgan fingerprint density at radius 2 is 2.29 bits per heavy atom. The molecule has 1 aromatic carbocycles. The van der Waals surface area contributed by atoms with Gasteiger partial charge in [0.05, 0.1) is 12.2 Å². The first-order valence-corrected chi connectivity index (χ1v) is 9.02. The summed E-state index contributed by atoms with van der Waals surface area (Å²) in [7, 11) is 1.46. The van der Waals surface area contributed by atoms with E-state index in [1.807, 2.05) is 0 Å². The summed E-state index contributed by atoms with van der Waals surface area (Å²) in [5.41, 5.74) is 1.62. The Morgan fingerprint density at radius 1 is 1.50 bits per heavy atom. The highest BCUT2D eigenvalue weighted by Crippen LogP contribution is 2.30. The van der Waals surface area contributed by atoms with Crippen molar-refractivity contribution in [2.45, 2.75) is 12.5 Å². The molecule has 8 heteroatoms. The summed E-state index contributed by atoms with van der Waals surface area (Å²) >= 11 is -0.868. The molecule has 2 atom stereocenters. The van der Waals surface area contributed by atoms with Gasteiger partial charge in [-0.1, -0.05) is 0 Å². The third-order valence-corrected chi connectivity index (χ3v) is 5.27. The Hall–Kier alpha value is -2.06. The fourth-order valence-electron chi connectivity index (χ4n) is 2.75. The maximum absolute atomic E-state index is 14.5. The van der Waals surface area contributed by atoms with Crippen molar-refractivity contribution in [3.63, 3.8) is 0 Å². The molecule has 2 amide bonds. The maximum Gasteiger partial charge on any atom is 0.415 e. The molecule has 2 aliphatic heterocycles. The molecule has 0 bridgehead atoms. The Kier molecular flexibility index (Phi) is 4.77. The van der Waals surface area contributed by atoms with Gasteiger partial charge in [0.15, 0.2) is 6.10 Å². The van der Waals surface area contributed by atoms with E-state index in [-0.39, 0.29) is 6.54 Å². The first-order valence-electron chi connectivity index (χ1n) is 7.53. The van der Waals surface area contributed by atoms with Crippen molar-refractivity contribution in [3.8, 4) is 0 Å². The molecule has 1 saturated heterocycles. The van der Waals surface area contributed by atoms with E-state index in [1.54, 1.807) is 18.2 Å². The van der Waals surface area contributed by atoms with Crippen LogP contribution in [0.3, 0.4) is 0 Å². The van der Waals surface area contributed by atoms with Gasteiger partial charge in [-0.25, -0.2) is 9.18 Å². The fourth-order valence-corrected chi connectivity index (χ4v) is 3.75. The van der Waals surface area contributed by atoms with Gasteiger partial charge in [-0.15, -0.1) is 0 Å². The number of halogens is 1. The van der Waals surface area contributed by atoms with Gasteiger partial charge >= 0.3 is 6.09 Å². The topological polar surface area (TPSA) is 81.7 Å². The Balaban J connectivity index is 1.80. The van der Waals surface area contributed by atoms with Crippen LogP contribution in [0.4, 0.5) is 14.9 Å². The molecule has 24 heavy (non-hydrogen) atoms. The van der Waals surface area contributed by atoms with E-state index in [9.17, 15) is 18.5 Å². The normalized spacial score (nSPS) is 23.7. The molecule has 2 heterocycles. The number of ether oxygens (including phenoxy) is 1. The number of cyclic esters (lactones) is 1. The minimum Gasteiger partial charge on any atom is -0.616 e. The molecule has 128 valence electrons. The van der Waals surface area contributed by atoms with Gasteiger partial charge in [0.25, 0.3) is 5.91 Å². The summed E-state index contributed by atoms with van der Waals surface area (Å²) in [6.07, 6.45) is 0.779. The SMILES string of the molecule is CNC(=O)[C@H]1CN(c2ccc(C3=CC[S+]([O-])CC3)c(F)c2)C(=O)O1. The molecule has 1 aromatic rings. The van der Waals surface area contributed by atoms with E-state index in [4.69, 9.17) is 4.74 Å². The summed E-state index contributed by atoms with van der Waals surface area (Å²) in [6, 6.07) is 4.48. The first-order chi connectivity index (χ1) is 11.5. The average Bonchev–Trinajstić information content (AvgIpc) is 2.97. The zero-order valence-corrected chi connectivity index (χ0v) is 13.9. The Bertz CT molecular complexity index is 709. The van der Waals surface area contributed by atoms with Gasteiger partial charge in [0.2, 0.25) is 0 Å². The molecular weight excluding hydrogens is 335 g/mol. The number of likely N-dealkylation sites (N-methyl/N-ethyl adjacent to an activating group) is 1. The number of hydrogen-bond acceptors (Lipinski definition) is 4. The minimum absolute atomic E-state index is 0.0406. The van der Waals surface area contributed by atoms with Crippen LogP contribution in [0, 0.1) is 5.82 Å². The largest absolute Gasteiger partial charge is 0.616 e. The molecule has 0 spiro atoms. The quantitative estimate of drug-likeness (QED) is 0.835. The molecule has 1 fully saturated rings. The lowest BCUT2D eigenvalue weighted by atomic mass is 10.0. The fraction of sp³-hybridized carbons (Fsp3) is 0.375. The number of anilines is 1. The van der Waals surface area contributed by atoms with E-state index >= 15 is 0 Å². The van der Waals surface area contributed by atoms with E-state index in [0.717, 1.165) is 5.57 Å². The van der Waals surface area contributed by atoms with Gasteiger partial charge in [0.1, 0.15) is 17.3 Å². The number of hydrogen-bond donors (Lipinski definition) is 1. The van der Waals surface area contributed by atoms with Crippen molar-refractivity contribution in [2.24, 2.45) is 0 Å². The number of carbonyl (C=O) groups is 2. The van der Waals surface area contributed by atoms with E-state index in [2.05, 4.69) is 5.32 Å². The van der Waals surface area contributed by atoms with Crippen molar-refractivity contribution in [3.05, 3.63) is 35.7 Å². The zero-order valence-electron chi connectivity index (χ0n) is 13.1. The van der Waals surface area contributed by atoms with Gasteiger partial charge in [-0.05, 0) is 41.0 Å². The molecule has 1 N–H and O–H groups in total. The monoisotopic (exact) mass is 352 g/mol. The predicted octanol–water partition coefficient (Wildman–Crippen LogP) is 1.43. The molecule has 3 rings (SSSR count). The molecule has 0 saturated carbocycles. The second-order valence-corrected chi connectivity index (χ2v) is 7.17. The van der Waals surface area contributed by atoms with Crippen molar-refractivity contribution in [1.29, 1.82) is 0 Å². The number of carbonyl (C=O) groups excluding carboxylic acids is 2. The zero-order chi connectivity index (χ0) is 17.3. The van der Waals surface area contributed by atoms with Crippen LogP contribution in [0.1, 0.15) is 12.0 Å². The maximum atomic E-state index is 14.5. The first kappa shape index (κ1) is 16.8. The lowest BCUT2D eigenvalue weighted by molar-refractivity contribution is -0.127. The second-order valence-electron chi connectivity index (χ2n) is 5.55. The van der Waals surface area contributed by atoms with Crippen molar-refractivity contribution >= 4 is 34.4 Å². The third-order valence-electron chi connectivity index (χ3n) is 4.08. The number of amides is 2. The smallest absolute Gasteiger partial charge is 0.415 e.